The summed E-state index contributed by atoms with van der Waals surface area (Å²) in [6.45, 7) is 8.06. The smallest absolute Gasteiger partial charge is 0.356 e. The molecule has 1 aromatic heterocycles. The maximum atomic E-state index is 11.1. The largest absolute Gasteiger partial charge is 0.476 e. The number of carboxylic acid groups (broad SMARTS) is 1. The monoisotopic (exact) mass is 235 g/mol. The van der Waals surface area contributed by atoms with Crippen LogP contribution in [0.25, 0.3) is 0 Å². The highest BCUT2D eigenvalue weighted by molar-refractivity contribution is 5.91. The Hall–Kier alpha value is -1.91. The number of nitrogens with one attached hydrogen (secondary N) is 1. The molecule has 5 nitrogen and oxygen atoms in total. The average Bonchev–Trinajstić information content (AvgIpc) is 2.29. The van der Waals surface area contributed by atoms with Crippen molar-refractivity contribution in [2.24, 2.45) is 0 Å². The van der Waals surface area contributed by atoms with Gasteiger partial charge in [-0.05, 0) is 6.42 Å². The van der Waals surface area contributed by atoms with Crippen molar-refractivity contribution in [3.8, 4) is 0 Å². The van der Waals surface area contributed by atoms with Crippen LogP contribution in [0.3, 0.4) is 0 Å². The predicted octanol–water partition coefficient (Wildman–Crippen LogP) is 2.29. The maximum Gasteiger partial charge on any atom is 0.356 e. The van der Waals surface area contributed by atoms with Gasteiger partial charge in [0.25, 0.3) is 0 Å². The zero-order valence-corrected chi connectivity index (χ0v) is 10.1. The summed E-state index contributed by atoms with van der Waals surface area (Å²) in [4.78, 5) is 19.3. The van der Waals surface area contributed by atoms with Gasteiger partial charge in [-0.1, -0.05) is 19.9 Å². The normalized spacial score (nSPS) is 10.3. The number of hydrogen-bond donors (Lipinski definition) is 2. The van der Waals surface area contributed by atoms with Crippen LogP contribution in [-0.4, -0.2) is 27.6 Å². The standard InChI is InChI=1S/C12H17N3O2/c1-4-5-6-13-9-7-14-11(8(2)3)15-10(9)12(16)17/h4,7-8,13H,1,5-6H2,2-3H3,(H,16,17). The molecule has 0 aliphatic rings. The number of aromatic carboxylic acids is 1. The van der Waals surface area contributed by atoms with Crippen LogP contribution in [0, 0.1) is 0 Å². The fourth-order valence-electron chi connectivity index (χ4n) is 1.27. The first kappa shape index (κ1) is 13.2. The topological polar surface area (TPSA) is 75.1 Å². The van der Waals surface area contributed by atoms with E-state index in [1.54, 1.807) is 6.08 Å². The van der Waals surface area contributed by atoms with Crippen molar-refractivity contribution in [3.63, 3.8) is 0 Å². The summed E-state index contributed by atoms with van der Waals surface area (Å²) < 4.78 is 0. The molecule has 5 heteroatoms. The highest BCUT2D eigenvalue weighted by Crippen LogP contribution is 2.16. The van der Waals surface area contributed by atoms with Crippen LogP contribution < -0.4 is 5.32 Å². The van der Waals surface area contributed by atoms with E-state index in [0.29, 0.717) is 18.1 Å². The van der Waals surface area contributed by atoms with E-state index in [0.717, 1.165) is 6.42 Å². The number of nitrogens with zero attached hydrogens (tertiary/aromatic N) is 2. The molecule has 1 rings (SSSR count). The molecule has 0 bridgehead atoms. The predicted molar refractivity (Wildman–Crippen MR) is 66.4 cm³/mol. The molecule has 0 saturated carbocycles. The molecule has 0 amide bonds. The van der Waals surface area contributed by atoms with E-state index in [1.165, 1.54) is 6.20 Å². The first-order valence-corrected chi connectivity index (χ1v) is 5.51. The molecule has 0 atom stereocenters. The summed E-state index contributed by atoms with van der Waals surface area (Å²) >= 11 is 0. The summed E-state index contributed by atoms with van der Waals surface area (Å²) in [6.07, 6.45) is 4.04. The van der Waals surface area contributed by atoms with E-state index in [4.69, 9.17) is 5.11 Å². The zero-order chi connectivity index (χ0) is 12.8. The lowest BCUT2D eigenvalue weighted by Crippen LogP contribution is -2.12. The Bertz CT molecular complexity index is 416. The van der Waals surface area contributed by atoms with Crippen LogP contribution in [0.1, 0.15) is 42.5 Å². The highest BCUT2D eigenvalue weighted by Gasteiger charge is 2.14. The molecular formula is C12H17N3O2. The molecule has 1 heterocycles. The molecule has 0 radical (unpaired) electrons. The van der Waals surface area contributed by atoms with Crippen molar-refractivity contribution in [2.75, 3.05) is 11.9 Å². The fraction of sp³-hybridized carbons (Fsp3) is 0.417. The fourth-order valence-corrected chi connectivity index (χ4v) is 1.27. The van der Waals surface area contributed by atoms with Crippen LogP contribution in [-0.2, 0) is 0 Å². The molecule has 1 aromatic rings. The van der Waals surface area contributed by atoms with Gasteiger partial charge >= 0.3 is 5.97 Å². The van der Waals surface area contributed by atoms with Gasteiger partial charge in [0.2, 0.25) is 0 Å². The Morgan fingerprint density at radius 3 is 2.88 bits per heavy atom. The van der Waals surface area contributed by atoms with Crippen LogP contribution in [0.2, 0.25) is 0 Å². The molecule has 17 heavy (non-hydrogen) atoms. The Morgan fingerprint density at radius 2 is 2.35 bits per heavy atom. The number of carboxylic acids is 1. The Labute approximate surface area is 101 Å². The van der Waals surface area contributed by atoms with Crippen molar-refractivity contribution >= 4 is 11.7 Å². The Morgan fingerprint density at radius 1 is 1.65 bits per heavy atom. The number of rotatable bonds is 6. The van der Waals surface area contributed by atoms with Gasteiger partial charge in [-0.2, -0.15) is 0 Å². The molecule has 0 saturated heterocycles. The van der Waals surface area contributed by atoms with Crippen molar-refractivity contribution in [3.05, 3.63) is 30.4 Å². The number of anilines is 1. The van der Waals surface area contributed by atoms with Crippen molar-refractivity contribution in [1.82, 2.24) is 9.97 Å². The quantitative estimate of drug-likeness (QED) is 0.584. The minimum Gasteiger partial charge on any atom is -0.476 e. The van der Waals surface area contributed by atoms with Gasteiger partial charge in [0.05, 0.1) is 11.9 Å². The number of hydrogen-bond acceptors (Lipinski definition) is 4. The summed E-state index contributed by atoms with van der Waals surface area (Å²) in [7, 11) is 0. The third-order valence-electron chi connectivity index (χ3n) is 2.19. The summed E-state index contributed by atoms with van der Waals surface area (Å²) in [5.74, 6) is -0.401. The second-order valence-corrected chi connectivity index (χ2v) is 3.95. The van der Waals surface area contributed by atoms with Crippen LogP contribution in [0.4, 0.5) is 5.69 Å². The van der Waals surface area contributed by atoms with Crippen molar-refractivity contribution in [1.29, 1.82) is 0 Å². The van der Waals surface area contributed by atoms with Gasteiger partial charge in [-0.15, -0.1) is 6.58 Å². The van der Waals surface area contributed by atoms with Gasteiger partial charge < -0.3 is 10.4 Å². The lowest BCUT2D eigenvalue weighted by molar-refractivity contribution is 0.0691. The minimum atomic E-state index is -1.05. The zero-order valence-electron chi connectivity index (χ0n) is 10.1. The first-order valence-electron chi connectivity index (χ1n) is 5.51. The van der Waals surface area contributed by atoms with Gasteiger partial charge in [-0.25, -0.2) is 14.8 Å². The number of aromatic nitrogens is 2. The second kappa shape index (κ2) is 5.98. The van der Waals surface area contributed by atoms with Gasteiger partial charge in [0, 0.05) is 12.5 Å². The molecule has 0 fully saturated rings. The van der Waals surface area contributed by atoms with Crippen LogP contribution in [0.5, 0.6) is 0 Å². The molecular weight excluding hydrogens is 218 g/mol. The lowest BCUT2D eigenvalue weighted by Gasteiger charge is -2.10. The number of carbonyl (C=O) groups is 1. The summed E-state index contributed by atoms with van der Waals surface area (Å²) in [6, 6.07) is 0. The maximum absolute atomic E-state index is 11.1. The van der Waals surface area contributed by atoms with Crippen LogP contribution in [0.15, 0.2) is 18.9 Å². The molecule has 0 spiro atoms. The Kier molecular flexibility index (Phi) is 4.63. The Balaban J connectivity index is 2.96. The van der Waals surface area contributed by atoms with Crippen molar-refractivity contribution < 1.29 is 9.90 Å². The third kappa shape index (κ3) is 3.55. The second-order valence-electron chi connectivity index (χ2n) is 3.95. The van der Waals surface area contributed by atoms with Gasteiger partial charge in [0.15, 0.2) is 5.69 Å². The summed E-state index contributed by atoms with van der Waals surface area (Å²) in [5.41, 5.74) is 0.469. The molecule has 0 aromatic carbocycles. The van der Waals surface area contributed by atoms with E-state index in [2.05, 4.69) is 21.9 Å². The van der Waals surface area contributed by atoms with Gasteiger partial charge in [0.1, 0.15) is 5.82 Å². The summed E-state index contributed by atoms with van der Waals surface area (Å²) in [5, 5.41) is 12.1. The van der Waals surface area contributed by atoms with E-state index < -0.39 is 5.97 Å². The van der Waals surface area contributed by atoms with E-state index in [9.17, 15) is 4.79 Å². The van der Waals surface area contributed by atoms with Crippen LogP contribution >= 0.6 is 0 Å². The highest BCUT2D eigenvalue weighted by atomic mass is 16.4. The molecule has 0 unspecified atom stereocenters. The average molecular weight is 235 g/mol. The van der Waals surface area contributed by atoms with E-state index in [-0.39, 0.29) is 11.6 Å². The SMILES string of the molecule is C=CCCNc1cnc(C(C)C)nc1C(=O)O. The minimum absolute atomic E-state index is 0.0211. The molecule has 92 valence electrons. The van der Waals surface area contributed by atoms with Gasteiger partial charge in [-0.3, -0.25) is 0 Å². The van der Waals surface area contributed by atoms with E-state index in [1.807, 2.05) is 13.8 Å². The first-order chi connectivity index (χ1) is 8.06. The van der Waals surface area contributed by atoms with E-state index >= 15 is 0 Å². The molecule has 0 aliphatic heterocycles. The molecule has 2 N–H and O–H groups in total. The van der Waals surface area contributed by atoms with Crippen molar-refractivity contribution in [2.45, 2.75) is 26.2 Å². The third-order valence-corrected chi connectivity index (χ3v) is 2.19. The molecule has 0 aliphatic carbocycles. The lowest BCUT2D eigenvalue weighted by atomic mass is 10.2.